The Labute approximate surface area is 287 Å². The van der Waals surface area contributed by atoms with Crippen molar-refractivity contribution in [3.05, 3.63) is 84.5 Å². The lowest BCUT2D eigenvalue weighted by molar-refractivity contribution is -0.168. The van der Waals surface area contributed by atoms with Crippen LogP contribution in [-0.2, 0) is 24.0 Å². The van der Waals surface area contributed by atoms with Crippen molar-refractivity contribution in [2.45, 2.75) is 77.7 Å². The normalized spacial score (nSPS) is 32.3. The number of para-hydroxylation sites is 2. The zero-order chi connectivity index (χ0) is 35.1. The first-order valence-electron chi connectivity index (χ1n) is 17.5. The van der Waals surface area contributed by atoms with E-state index in [4.69, 9.17) is 0 Å². The zero-order valence-corrected chi connectivity index (χ0v) is 28.5. The Hall–Kier alpha value is -4.21. The molecule has 1 aliphatic heterocycles. The fraction of sp³-hybridized carbons (Fsp3) is 0.475. The maximum atomic E-state index is 13.3. The molecule has 0 aromatic heterocycles. The molecule has 2 amide bonds. The Kier molecular flexibility index (Phi) is 9.37. The summed E-state index contributed by atoms with van der Waals surface area (Å²) in [6.45, 7) is 5.25. The molecule has 7 rings (SSSR count). The average Bonchev–Trinajstić information content (AvgIpc) is 3.52. The SMILES string of the molecule is CCCCC1C(=O)N(c2ccccc2)N(c2ccccc2)C1=O.C[C@]12C=CC(=O)C=C1CC[C@@H]1[C@@H]2C(=O)C[C@@]2(C)[C@H]1CC[C@]2(O)C(=O)CO. The van der Waals surface area contributed by atoms with E-state index < -0.39 is 34.7 Å². The maximum absolute atomic E-state index is 13.3. The number of hydrogen-bond acceptors (Lipinski definition) is 7. The molecular formula is C40H46N2O7. The van der Waals surface area contributed by atoms with E-state index in [9.17, 15) is 34.2 Å². The molecule has 0 unspecified atom stereocenters. The second kappa shape index (κ2) is 13.2. The van der Waals surface area contributed by atoms with Crippen LogP contribution in [-0.4, -0.2) is 51.6 Å². The summed E-state index contributed by atoms with van der Waals surface area (Å²) in [4.78, 5) is 63.1. The van der Waals surface area contributed by atoms with Gasteiger partial charge in [-0.15, -0.1) is 0 Å². The number of unbranched alkanes of at least 4 members (excludes halogenated alkanes) is 1. The summed E-state index contributed by atoms with van der Waals surface area (Å²) in [5.74, 6) is -1.46. The molecule has 4 fully saturated rings. The van der Waals surface area contributed by atoms with Crippen LogP contribution in [0, 0.1) is 34.5 Å². The minimum atomic E-state index is -1.62. The number of benzene rings is 2. The molecule has 258 valence electrons. The standard InChI is InChI=1S/C21H26O5.C19H20N2O2/c1-19-7-5-13(23)9-12(19)3-4-14-15-6-8-21(26,17(25)11-22)20(15,2)10-16(24)18(14)19;1-2-3-14-17-18(22)20(15-10-6-4-7-11-15)21(19(17)23)16-12-8-5-9-13-16/h5,7,9,14-15,18,22,26H,3-4,6,8,10-11H2,1-2H3;4-13,17H,2-3,14H2,1H3/t14-,15-,18+,19-,20-,21-;/m0./s1. The fourth-order valence-corrected chi connectivity index (χ4v) is 9.50. The monoisotopic (exact) mass is 666 g/mol. The van der Waals surface area contributed by atoms with Crippen LogP contribution in [0.4, 0.5) is 11.4 Å². The van der Waals surface area contributed by atoms with Crippen LogP contribution >= 0.6 is 0 Å². The second-order valence-corrected chi connectivity index (χ2v) is 14.7. The quantitative estimate of drug-likeness (QED) is 0.370. The Morgan fingerprint density at radius 3 is 2.04 bits per heavy atom. The van der Waals surface area contributed by atoms with E-state index in [0.717, 1.165) is 31.3 Å². The number of hydrogen-bond donors (Lipinski definition) is 2. The molecule has 2 aromatic rings. The fourth-order valence-electron chi connectivity index (χ4n) is 9.50. The Bertz CT molecular complexity index is 1650. The summed E-state index contributed by atoms with van der Waals surface area (Å²) in [6.07, 6.45) is 10.3. The smallest absolute Gasteiger partial charge is 0.258 e. The van der Waals surface area contributed by atoms with Crippen molar-refractivity contribution < 1.29 is 34.2 Å². The highest BCUT2D eigenvalue weighted by Crippen LogP contribution is 2.66. The van der Waals surface area contributed by atoms with Crippen LogP contribution in [0.15, 0.2) is 84.5 Å². The molecule has 0 radical (unpaired) electrons. The highest BCUT2D eigenvalue weighted by molar-refractivity contribution is 6.23. The van der Waals surface area contributed by atoms with E-state index >= 15 is 0 Å². The lowest BCUT2D eigenvalue weighted by Gasteiger charge is -2.56. The van der Waals surface area contributed by atoms with Crippen LogP contribution < -0.4 is 10.0 Å². The summed E-state index contributed by atoms with van der Waals surface area (Å²) in [5.41, 5.74) is -0.429. The Morgan fingerprint density at radius 2 is 1.49 bits per heavy atom. The van der Waals surface area contributed by atoms with Gasteiger partial charge in [0.05, 0.1) is 11.4 Å². The van der Waals surface area contributed by atoms with E-state index in [1.165, 1.54) is 10.0 Å². The number of carbonyl (C=O) groups excluding carboxylic acids is 5. The van der Waals surface area contributed by atoms with Gasteiger partial charge in [-0.1, -0.05) is 81.7 Å². The minimum Gasteiger partial charge on any atom is -0.388 e. The van der Waals surface area contributed by atoms with Crippen molar-refractivity contribution in [1.82, 2.24) is 0 Å². The average molecular weight is 667 g/mol. The molecule has 3 saturated carbocycles. The Morgan fingerprint density at radius 1 is 0.898 bits per heavy atom. The highest BCUT2D eigenvalue weighted by atomic mass is 16.3. The summed E-state index contributed by atoms with van der Waals surface area (Å²) < 4.78 is 0. The summed E-state index contributed by atoms with van der Waals surface area (Å²) >= 11 is 0. The molecule has 0 bridgehead atoms. The van der Waals surface area contributed by atoms with Gasteiger partial charge in [0.15, 0.2) is 11.6 Å². The van der Waals surface area contributed by atoms with Crippen molar-refractivity contribution in [2.24, 2.45) is 34.5 Å². The van der Waals surface area contributed by atoms with Crippen LogP contribution in [0.25, 0.3) is 0 Å². The number of ketones is 3. The second-order valence-electron chi connectivity index (χ2n) is 14.7. The molecule has 1 heterocycles. The molecule has 0 spiro atoms. The van der Waals surface area contributed by atoms with Gasteiger partial charge in [0, 0.05) is 23.2 Å². The minimum absolute atomic E-state index is 0.0206. The largest absolute Gasteiger partial charge is 0.388 e. The number of rotatable bonds is 7. The van der Waals surface area contributed by atoms with Gasteiger partial charge >= 0.3 is 0 Å². The van der Waals surface area contributed by atoms with Gasteiger partial charge in [0.1, 0.15) is 23.9 Å². The van der Waals surface area contributed by atoms with Crippen molar-refractivity contribution in [3.63, 3.8) is 0 Å². The van der Waals surface area contributed by atoms with Crippen LogP contribution in [0.5, 0.6) is 0 Å². The number of aliphatic hydroxyl groups is 2. The number of fused-ring (bicyclic) bond motifs is 5. The molecule has 9 heteroatoms. The third-order valence-corrected chi connectivity index (χ3v) is 12.1. The zero-order valence-electron chi connectivity index (χ0n) is 28.5. The molecular weight excluding hydrogens is 620 g/mol. The predicted octanol–water partition coefficient (Wildman–Crippen LogP) is 5.55. The Balaban J connectivity index is 0.000000171. The molecule has 6 atom stereocenters. The molecule has 1 saturated heterocycles. The number of anilines is 2. The van der Waals surface area contributed by atoms with Gasteiger partial charge in [0.25, 0.3) is 11.8 Å². The van der Waals surface area contributed by atoms with Gasteiger partial charge in [0.2, 0.25) is 0 Å². The first kappa shape index (κ1) is 34.6. The van der Waals surface area contributed by atoms with Crippen molar-refractivity contribution in [1.29, 1.82) is 0 Å². The summed E-state index contributed by atoms with van der Waals surface area (Å²) in [7, 11) is 0. The molecule has 5 aliphatic rings. The van der Waals surface area contributed by atoms with E-state index in [-0.39, 0.29) is 47.6 Å². The van der Waals surface area contributed by atoms with Crippen LogP contribution in [0.1, 0.15) is 72.1 Å². The lowest BCUT2D eigenvalue weighted by Crippen LogP contribution is -2.60. The number of allylic oxidation sites excluding steroid dienone is 4. The van der Waals surface area contributed by atoms with Gasteiger partial charge in [-0.05, 0) is 80.4 Å². The lowest BCUT2D eigenvalue weighted by atomic mass is 9.46. The first-order valence-corrected chi connectivity index (χ1v) is 17.5. The number of hydrazine groups is 1. The molecule has 2 aromatic carbocycles. The summed E-state index contributed by atoms with van der Waals surface area (Å²) in [5, 5.41) is 23.5. The van der Waals surface area contributed by atoms with E-state index in [2.05, 4.69) is 6.92 Å². The first-order chi connectivity index (χ1) is 23.4. The number of aliphatic hydroxyl groups excluding tert-OH is 1. The van der Waals surface area contributed by atoms with Gasteiger partial charge < -0.3 is 10.2 Å². The van der Waals surface area contributed by atoms with Crippen molar-refractivity contribution in [2.75, 3.05) is 16.6 Å². The van der Waals surface area contributed by atoms with Gasteiger partial charge in [-0.25, -0.2) is 10.0 Å². The van der Waals surface area contributed by atoms with Crippen LogP contribution in [0.2, 0.25) is 0 Å². The third-order valence-electron chi connectivity index (χ3n) is 12.1. The molecule has 9 nitrogen and oxygen atoms in total. The van der Waals surface area contributed by atoms with Gasteiger partial charge in [-0.3, -0.25) is 24.0 Å². The topological polar surface area (TPSA) is 132 Å². The van der Waals surface area contributed by atoms with Gasteiger partial charge in [-0.2, -0.15) is 0 Å². The third kappa shape index (κ3) is 5.61. The molecule has 2 N–H and O–H groups in total. The van der Waals surface area contributed by atoms with E-state index in [0.29, 0.717) is 30.6 Å². The van der Waals surface area contributed by atoms with Crippen molar-refractivity contribution in [3.8, 4) is 0 Å². The number of amides is 2. The van der Waals surface area contributed by atoms with Crippen molar-refractivity contribution >= 4 is 40.5 Å². The predicted molar refractivity (Wildman–Crippen MR) is 185 cm³/mol. The molecule has 4 aliphatic carbocycles. The molecule has 49 heavy (non-hydrogen) atoms. The number of Topliss-reactive ketones (excluding diaryl/α,β-unsaturated/α-hetero) is 2. The number of nitrogens with zero attached hydrogens (tertiary/aromatic N) is 2. The highest BCUT2D eigenvalue weighted by Gasteiger charge is 2.68. The maximum Gasteiger partial charge on any atom is 0.258 e. The summed E-state index contributed by atoms with van der Waals surface area (Å²) in [6, 6.07) is 18.7. The van der Waals surface area contributed by atoms with Crippen LogP contribution in [0.3, 0.4) is 0 Å². The number of carbonyl (C=O) groups is 5. The van der Waals surface area contributed by atoms with E-state index in [1.54, 1.807) is 12.2 Å². The van der Waals surface area contributed by atoms with E-state index in [1.807, 2.05) is 80.6 Å².